The van der Waals surface area contributed by atoms with Crippen molar-refractivity contribution in [2.45, 2.75) is 39.0 Å². The summed E-state index contributed by atoms with van der Waals surface area (Å²) in [5.74, 6) is 0.454. The van der Waals surface area contributed by atoms with Crippen LogP contribution in [0.4, 0.5) is 0 Å². The lowest BCUT2D eigenvalue weighted by Crippen LogP contribution is -2.51. The summed E-state index contributed by atoms with van der Waals surface area (Å²) in [5.41, 5.74) is 1.78. The van der Waals surface area contributed by atoms with Crippen molar-refractivity contribution < 1.29 is 19.1 Å². The van der Waals surface area contributed by atoms with Gasteiger partial charge in [-0.25, -0.2) is 0 Å². The summed E-state index contributed by atoms with van der Waals surface area (Å²) >= 11 is 0. The molecule has 0 radical (unpaired) electrons. The van der Waals surface area contributed by atoms with Crippen molar-refractivity contribution >= 4 is 11.8 Å². The normalized spacial score (nSPS) is 21.7. The van der Waals surface area contributed by atoms with E-state index in [0.717, 1.165) is 11.4 Å². The molecular weight excluding hydrogens is 386 g/mol. The first-order valence-corrected chi connectivity index (χ1v) is 10.2. The van der Waals surface area contributed by atoms with E-state index in [9.17, 15) is 9.59 Å². The molecule has 9 heteroatoms. The van der Waals surface area contributed by atoms with E-state index in [1.165, 1.54) is 0 Å². The topological polar surface area (TPSA) is 89.8 Å². The van der Waals surface area contributed by atoms with E-state index in [4.69, 9.17) is 9.47 Å². The molecule has 2 saturated heterocycles. The van der Waals surface area contributed by atoms with Crippen molar-refractivity contribution in [1.82, 2.24) is 24.6 Å². The Morgan fingerprint density at radius 1 is 1.27 bits per heavy atom. The summed E-state index contributed by atoms with van der Waals surface area (Å²) in [7, 11) is 0. The van der Waals surface area contributed by atoms with Gasteiger partial charge in [0.2, 0.25) is 11.8 Å². The molecule has 2 fully saturated rings. The molecule has 0 aromatic carbocycles. The van der Waals surface area contributed by atoms with Gasteiger partial charge in [0.1, 0.15) is 24.4 Å². The van der Waals surface area contributed by atoms with Gasteiger partial charge in [-0.05, 0) is 32.0 Å². The van der Waals surface area contributed by atoms with Crippen LogP contribution in [0.25, 0.3) is 0 Å². The Morgan fingerprint density at radius 3 is 2.73 bits per heavy atom. The van der Waals surface area contributed by atoms with Gasteiger partial charge in [0.25, 0.3) is 0 Å². The molecule has 30 heavy (non-hydrogen) atoms. The first-order chi connectivity index (χ1) is 14.5. The number of pyridine rings is 1. The number of likely N-dealkylation sites (tertiary alicyclic amines) is 1. The fourth-order valence-corrected chi connectivity index (χ4v) is 4.05. The van der Waals surface area contributed by atoms with Crippen molar-refractivity contribution in [3.05, 3.63) is 42.0 Å². The van der Waals surface area contributed by atoms with Gasteiger partial charge in [-0.3, -0.25) is 19.3 Å². The quantitative estimate of drug-likeness (QED) is 0.720. The Balaban J connectivity index is 1.51. The maximum Gasteiger partial charge on any atom is 0.245 e. The fraction of sp³-hybridized carbons (Fsp3) is 0.524. The summed E-state index contributed by atoms with van der Waals surface area (Å²) < 4.78 is 13.1. The van der Waals surface area contributed by atoms with Gasteiger partial charge in [-0.1, -0.05) is 0 Å². The van der Waals surface area contributed by atoms with E-state index in [1.54, 1.807) is 32.9 Å². The molecule has 2 aliphatic rings. The van der Waals surface area contributed by atoms with Gasteiger partial charge < -0.3 is 19.3 Å². The van der Waals surface area contributed by atoms with Crippen molar-refractivity contribution in [2.24, 2.45) is 0 Å². The van der Waals surface area contributed by atoms with E-state index in [0.29, 0.717) is 45.0 Å². The van der Waals surface area contributed by atoms with Crippen molar-refractivity contribution in [1.29, 1.82) is 0 Å². The molecule has 0 aliphatic carbocycles. The lowest BCUT2D eigenvalue weighted by molar-refractivity contribution is -0.146. The Labute approximate surface area is 175 Å². The Kier molecular flexibility index (Phi) is 5.98. The van der Waals surface area contributed by atoms with Crippen LogP contribution in [0, 0.1) is 13.8 Å². The molecule has 4 rings (SSSR count). The number of hydrogen-bond acceptors (Lipinski definition) is 6. The molecule has 0 N–H and O–H groups in total. The monoisotopic (exact) mass is 413 g/mol. The predicted octanol–water partition coefficient (Wildman–Crippen LogP) is 0.802. The summed E-state index contributed by atoms with van der Waals surface area (Å²) in [6.45, 7) is 6.40. The molecule has 0 unspecified atom stereocenters. The number of amides is 2. The number of carbonyl (C=O) groups excluding carboxylic acids is 2. The largest absolute Gasteiger partial charge is 0.487 e. The van der Waals surface area contributed by atoms with E-state index in [1.807, 2.05) is 26.0 Å². The zero-order valence-corrected chi connectivity index (χ0v) is 17.4. The average molecular weight is 413 g/mol. The summed E-state index contributed by atoms with van der Waals surface area (Å²) in [4.78, 5) is 33.9. The number of ether oxygens (including phenoxy) is 2. The Hall–Kier alpha value is -2.94. The number of hydrogen-bond donors (Lipinski definition) is 0. The van der Waals surface area contributed by atoms with Gasteiger partial charge in [0.15, 0.2) is 0 Å². The highest BCUT2D eigenvalue weighted by Gasteiger charge is 2.42. The van der Waals surface area contributed by atoms with Crippen molar-refractivity contribution in [2.75, 3.05) is 32.8 Å². The average Bonchev–Trinajstić information content (AvgIpc) is 3.31. The highest BCUT2D eigenvalue weighted by molar-refractivity contribution is 5.88. The molecule has 2 amide bonds. The highest BCUT2D eigenvalue weighted by Crippen LogP contribution is 2.25. The maximum absolute atomic E-state index is 13.2. The molecule has 2 aromatic heterocycles. The minimum absolute atomic E-state index is 0.0442. The van der Waals surface area contributed by atoms with Crippen LogP contribution in [-0.2, 0) is 20.9 Å². The van der Waals surface area contributed by atoms with Crippen molar-refractivity contribution in [3.8, 4) is 5.75 Å². The molecule has 2 aliphatic heterocycles. The van der Waals surface area contributed by atoms with Crippen molar-refractivity contribution in [3.63, 3.8) is 0 Å². The molecule has 2 aromatic rings. The lowest BCUT2D eigenvalue weighted by Gasteiger charge is -2.32. The van der Waals surface area contributed by atoms with Crippen LogP contribution in [0.2, 0.25) is 0 Å². The fourth-order valence-electron chi connectivity index (χ4n) is 4.05. The van der Waals surface area contributed by atoms with Gasteiger partial charge >= 0.3 is 0 Å². The van der Waals surface area contributed by atoms with Gasteiger partial charge in [0, 0.05) is 31.4 Å². The lowest BCUT2D eigenvalue weighted by atomic mass is 10.1. The third kappa shape index (κ3) is 4.46. The van der Waals surface area contributed by atoms with E-state index in [2.05, 4.69) is 10.1 Å². The highest BCUT2D eigenvalue weighted by atomic mass is 16.5. The first kappa shape index (κ1) is 20.3. The zero-order valence-electron chi connectivity index (χ0n) is 17.4. The Bertz CT molecular complexity index is 894. The molecule has 2 atom stereocenters. The number of nitrogens with zero attached hydrogens (tertiary/aromatic N) is 5. The van der Waals surface area contributed by atoms with Gasteiger partial charge in [-0.2, -0.15) is 5.10 Å². The zero-order chi connectivity index (χ0) is 21.1. The van der Waals surface area contributed by atoms with Crippen LogP contribution >= 0.6 is 0 Å². The summed E-state index contributed by atoms with van der Waals surface area (Å²) in [6, 6.07) is 5.01. The molecule has 0 bridgehead atoms. The van der Waals surface area contributed by atoms with Crippen LogP contribution in [0.3, 0.4) is 0 Å². The molecular formula is C21H27N5O4. The SMILES string of the molecule is Cc1cc(C)n(CC(=O)N2C[C@@H](Oc3cccnc3)C[C@H]2C(=O)N2CCOCC2)n1. The van der Waals surface area contributed by atoms with E-state index < -0.39 is 6.04 Å². The third-order valence-electron chi connectivity index (χ3n) is 5.52. The van der Waals surface area contributed by atoms with Gasteiger partial charge in [0.05, 0.1) is 31.6 Å². The third-order valence-corrected chi connectivity index (χ3v) is 5.52. The number of morpholine rings is 1. The molecule has 0 saturated carbocycles. The minimum Gasteiger partial charge on any atom is -0.487 e. The minimum atomic E-state index is -0.547. The second kappa shape index (κ2) is 8.83. The first-order valence-electron chi connectivity index (χ1n) is 10.2. The van der Waals surface area contributed by atoms with Gasteiger partial charge in [-0.15, -0.1) is 0 Å². The van der Waals surface area contributed by atoms with Crippen LogP contribution in [-0.4, -0.2) is 81.4 Å². The second-order valence-electron chi connectivity index (χ2n) is 7.75. The number of carbonyl (C=O) groups is 2. The Morgan fingerprint density at radius 2 is 2.07 bits per heavy atom. The van der Waals surface area contributed by atoms with E-state index in [-0.39, 0.29) is 24.5 Å². The van der Waals surface area contributed by atoms with Crippen LogP contribution in [0.5, 0.6) is 5.75 Å². The predicted molar refractivity (Wildman–Crippen MR) is 108 cm³/mol. The molecule has 9 nitrogen and oxygen atoms in total. The molecule has 0 spiro atoms. The van der Waals surface area contributed by atoms with Crippen LogP contribution in [0.1, 0.15) is 17.8 Å². The number of rotatable bonds is 5. The number of aryl methyl sites for hydroxylation is 2. The molecule has 160 valence electrons. The second-order valence-corrected chi connectivity index (χ2v) is 7.75. The smallest absolute Gasteiger partial charge is 0.245 e. The summed E-state index contributed by atoms with van der Waals surface area (Å²) in [5, 5.41) is 4.39. The van der Waals surface area contributed by atoms with Crippen LogP contribution < -0.4 is 4.74 Å². The van der Waals surface area contributed by atoms with E-state index >= 15 is 0 Å². The summed E-state index contributed by atoms with van der Waals surface area (Å²) in [6.07, 6.45) is 3.50. The molecule has 4 heterocycles. The maximum atomic E-state index is 13.2. The van der Waals surface area contributed by atoms with Crippen LogP contribution in [0.15, 0.2) is 30.6 Å². The standard InChI is InChI=1S/C21H27N5O4/c1-15-10-16(2)26(23-15)14-20(27)25-13-18(30-17-4-3-5-22-12-17)11-19(25)21(28)24-6-8-29-9-7-24/h3-5,10,12,18-19H,6-9,11,13-14H2,1-2H3/t18-,19-/m0/s1. The number of aromatic nitrogens is 3.